The van der Waals surface area contributed by atoms with Crippen LogP contribution in [0.1, 0.15) is 57.6 Å². The van der Waals surface area contributed by atoms with E-state index in [-0.39, 0.29) is 49.6 Å². The summed E-state index contributed by atoms with van der Waals surface area (Å²) in [7, 11) is -3.55. The van der Waals surface area contributed by atoms with Gasteiger partial charge >= 0.3 is 0 Å². The van der Waals surface area contributed by atoms with Crippen molar-refractivity contribution >= 4 is 27.5 Å². The number of rotatable bonds is 13. The molecular weight excluding hydrogens is 481 g/mol. The van der Waals surface area contributed by atoms with Crippen LogP contribution in [0.2, 0.25) is 0 Å². The highest BCUT2D eigenvalue weighted by Gasteiger charge is 2.29. The van der Waals surface area contributed by atoms with Crippen molar-refractivity contribution in [3.8, 4) is 0 Å². The van der Waals surface area contributed by atoms with E-state index >= 15 is 0 Å². The van der Waals surface area contributed by atoms with Crippen molar-refractivity contribution in [1.82, 2.24) is 10.2 Å². The van der Waals surface area contributed by atoms with Crippen LogP contribution in [0.4, 0.5) is 10.1 Å². The largest absolute Gasteiger partial charge is 0.352 e. The molecule has 0 heterocycles. The average Bonchev–Trinajstić information content (AvgIpc) is 2.81. The molecule has 198 valence electrons. The zero-order valence-electron chi connectivity index (χ0n) is 21.8. The van der Waals surface area contributed by atoms with E-state index in [0.29, 0.717) is 17.7 Å². The van der Waals surface area contributed by atoms with E-state index in [2.05, 4.69) is 5.32 Å². The third-order valence-electron chi connectivity index (χ3n) is 6.09. The van der Waals surface area contributed by atoms with Gasteiger partial charge in [0.25, 0.3) is 0 Å². The molecule has 0 saturated heterocycles. The number of carbonyl (C=O) groups excluding carboxylic acids is 2. The first kappa shape index (κ1) is 29.3. The number of anilines is 1. The van der Waals surface area contributed by atoms with Crippen LogP contribution >= 0.6 is 0 Å². The number of amides is 2. The third-order valence-corrected chi connectivity index (χ3v) is 7.29. The molecule has 2 unspecified atom stereocenters. The summed E-state index contributed by atoms with van der Waals surface area (Å²) in [6, 6.07) is 12.3. The minimum atomic E-state index is -3.55. The van der Waals surface area contributed by atoms with Crippen LogP contribution < -0.4 is 9.62 Å². The molecule has 0 aromatic heterocycles. The van der Waals surface area contributed by atoms with E-state index in [1.54, 1.807) is 30.3 Å². The molecule has 0 aliphatic heterocycles. The lowest BCUT2D eigenvalue weighted by atomic mass is 10.1. The van der Waals surface area contributed by atoms with Gasteiger partial charge in [-0.15, -0.1) is 0 Å². The number of halogens is 1. The van der Waals surface area contributed by atoms with Crippen LogP contribution in [0.15, 0.2) is 48.5 Å². The molecule has 0 saturated carbocycles. The van der Waals surface area contributed by atoms with Gasteiger partial charge in [0.05, 0.1) is 11.9 Å². The Morgan fingerprint density at radius 1 is 1.06 bits per heavy atom. The summed E-state index contributed by atoms with van der Waals surface area (Å²) in [5, 5.41) is 2.95. The number of aryl methyl sites for hydroxylation is 1. The molecule has 0 fully saturated rings. The van der Waals surface area contributed by atoms with E-state index < -0.39 is 16.1 Å². The molecule has 2 aromatic rings. The summed E-state index contributed by atoms with van der Waals surface area (Å²) < 4.78 is 39.6. The lowest BCUT2D eigenvalue weighted by Crippen LogP contribution is -2.50. The molecule has 36 heavy (non-hydrogen) atoms. The molecule has 0 radical (unpaired) electrons. The Bertz CT molecular complexity index is 1120. The lowest BCUT2D eigenvalue weighted by Gasteiger charge is -2.32. The monoisotopic (exact) mass is 519 g/mol. The average molecular weight is 520 g/mol. The molecule has 0 spiro atoms. The van der Waals surface area contributed by atoms with Crippen LogP contribution in [0.5, 0.6) is 0 Å². The van der Waals surface area contributed by atoms with Crippen LogP contribution in [-0.2, 0) is 26.2 Å². The normalized spacial score (nSPS) is 13.1. The molecule has 0 aliphatic rings. The van der Waals surface area contributed by atoms with Gasteiger partial charge in [-0.05, 0) is 68.5 Å². The number of sulfonamides is 1. The van der Waals surface area contributed by atoms with Crippen molar-refractivity contribution in [2.75, 3.05) is 17.1 Å². The maximum Gasteiger partial charge on any atom is 0.243 e. The molecule has 2 rings (SSSR count). The Hall–Kier alpha value is -2.94. The van der Waals surface area contributed by atoms with Gasteiger partial charge in [0.2, 0.25) is 21.8 Å². The summed E-state index contributed by atoms with van der Waals surface area (Å²) in [4.78, 5) is 27.9. The highest BCUT2D eigenvalue weighted by Crippen LogP contribution is 2.21. The number of hydrogen-bond acceptors (Lipinski definition) is 4. The van der Waals surface area contributed by atoms with Crippen LogP contribution in [-0.4, -0.2) is 50.0 Å². The summed E-state index contributed by atoms with van der Waals surface area (Å²) in [5.41, 5.74) is 2.19. The zero-order chi connectivity index (χ0) is 26.9. The van der Waals surface area contributed by atoms with Crippen LogP contribution in [0.25, 0.3) is 0 Å². The predicted molar refractivity (Wildman–Crippen MR) is 142 cm³/mol. The maximum atomic E-state index is 13.4. The molecular formula is C27H38FN3O4S. The van der Waals surface area contributed by atoms with Crippen molar-refractivity contribution in [1.29, 1.82) is 0 Å². The van der Waals surface area contributed by atoms with Crippen molar-refractivity contribution in [2.24, 2.45) is 0 Å². The number of hydrogen-bond donors (Lipinski definition) is 1. The standard InChI is InChI=1S/C27H38FN3O4S/c1-6-21(4)29-27(33)25(7-2)30(19-22-13-15-23(28)16-14-22)26(32)12-9-17-31(36(5,34)35)24-11-8-10-20(3)18-24/h8,10-11,13-16,18,21,25H,6-7,9,12,17,19H2,1-5H3,(H,29,33). The van der Waals surface area contributed by atoms with Gasteiger partial charge < -0.3 is 10.2 Å². The molecule has 9 heteroatoms. The van der Waals surface area contributed by atoms with Crippen LogP contribution in [0, 0.1) is 12.7 Å². The summed E-state index contributed by atoms with van der Waals surface area (Å²) in [6.07, 6.45) is 2.65. The Kier molecular flexibility index (Phi) is 10.9. The van der Waals surface area contributed by atoms with Gasteiger partial charge in [-0.2, -0.15) is 0 Å². The lowest BCUT2D eigenvalue weighted by molar-refractivity contribution is -0.141. The molecule has 1 N–H and O–H groups in total. The number of benzene rings is 2. The third kappa shape index (κ3) is 8.62. The first-order chi connectivity index (χ1) is 17.0. The first-order valence-electron chi connectivity index (χ1n) is 12.3. The van der Waals surface area contributed by atoms with Gasteiger partial charge in [-0.25, -0.2) is 12.8 Å². The van der Waals surface area contributed by atoms with E-state index in [4.69, 9.17) is 0 Å². The van der Waals surface area contributed by atoms with Gasteiger partial charge in [-0.1, -0.05) is 38.1 Å². The van der Waals surface area contributed by atoms with Gasteiger partial charge in [-0.3, -0.25) is 13.9 Å². The highest BCUT2D eigenvalue weighted by atomic mass is 32.2. The molecule has 0 aliphatic carbocycles. The number of nitrogens with zero attached hydrogens (tertiary/aromatic N) is 2. The van der Waals surface area contributed by atoms with Gasteiger partial charge in [0.1, 0.15) is 11.9 Å². The van der Waals surface area contributed by atoms with Crippen molar-refractivity contribution in [2.45, 2.75) is 72.0 Å². The predicted octanol–water partition coefficient (Wildman–Crippen LogP) is 4.40. The second-order valence-electron chi connectivity index (χ2n) is 9.17. The molecule has 7 nitrogen and oxygen atoms in total. The van der Waals surface area contributed by atoms with E-state index in [0.717, 1.165) is 18.2 Å². The fourth-order valence-corrected chi connectivity index (χ4v) is 4.89. The van der Waals surface area contributed by atoms with E-state index in [1.807, 2.05) is 33.8 Å². The SMILES string of the molecule is CCC(C)NC(=O)C(CC)N(Cc1ccc(F)cc1)C(=O)CCCN(c1cccc(C)c1)S(C)(=O)=O. The Morgan fingerprint density at radius 2 is 1.72 bits per heavy atom. The summed E-state index contributed by atoms with van der Waals surface area (Å²) >= 11 is 0. The fourth-order valence-electron chi connectivity index (χ4n) is 3.93. The number of nitrogens with one attached hydrogen (secondary N) is 1. The van der Waals surface area contributed by atoms with Crippen molar-refractivity contribution in [3.63, 3.8) is 0 Å². The summed E-state index contributed by atoms with van der Waals surface area (Å²) in [6.45, 7) is 7.88. The maximum absolute atomic E-state index is 13.4. The minimum absolute atomic E-state index is 0.0352. The molecule has 2 aromatic carbocycles. The van der Waals surface area contributed by atoms with Gasteiger partial charge in [0.15, 0.2) is 0 Å². The fraction of sp³-hybridized carbons (Fsp3) is 0.481. The minimum Gasteiger partial charge on any atom is -0.352 e. The second-order valence-corrected chi connectivity index (χ2v) is 11.1. The molecule has 0 bridgehead atoms. The first-order valence-corrected chi connectivity index (χ1v) is 14.2. The van der Waals surface area contributed by atoms with Crippen molar-refractivity contribution in [3.05, 3.63) is 65.5 Å². The highest BCUT2D eigenvalue weighted by molar-refractivity contribution is 7.92. The zero-order valence-corrected chi connectivity index (χ0v) is 22.6. The smallest absolute Gasteiger partial charge is 0.243 e. The summed E-state index contributed by atoms with van der Waals surface area (Å²) in [5.74, 6) is -0.877. The second kappa shape index (κ2) is 13.4. The van der Waals surface area contributed by atoms with E-state index in [1.165, 1.54) is 21.3 Å². The quantitative estimate of drug-likeness (QED) is 0.425. The van der Waals surface area contributed by atoms with E-state index in [9.17, 15) is 22.4 Å². The topological polar surface area (TPSA) is 86.8 Å². The van der Waals surface area contributed by atoms with Crippen molar-refractivity contribution < 1.29 is 22.4 Å². The number of carbonyl (C=O) groups is 2. The molecule has 2 atom stereocenters. The Balaban J connectivity index is 2.22. The van der Waals surface area contributed by atoms with Gasteiger partial charge in [0, 0.05) is 25.6 Å². The molecule has 2 amide bonds. The van der Waals surface area contributed by atoms with Crippen LogP contribution in [0.3, 0.4) is 0 Å². The Labute approximate surface area is 214 Å². The Morgan fingerprint density at radius 3 is 2.28 bits per heavy atom.